The van der Waals surface area contributed by atoms with Gasteiger partial charge in [-0.25, -0.2) is 15.0 Å². The zero-order valence-electron chi connectivity index (χ0n) is 8.37. The molecule has 0 aliphatic rings. The quantitative estimate of drug-likeness (QED) is 0.774. The third-order valence-electron chi connectivity index (χ3n) is 2.00. The Kier molecular flexibility index (Phi) is 2.81. The zero-order valence-corrected chi connectivity index (χ0v) is 8.37. The van der Waals surface area contributed by atoms with E-state index in [9.17, 15) is 4.79 Å². The normalized spacial score (nSPS) is 10.0. The summed E-state index contributed by atoms with van der Waals surface area (Å²) in [5.41, 5.74) is 6.66. The van der Waals surface area contributed by atoms with E-state index in [4.69, 9.17) is 5.73 Å². The van der Waals surface area contributed by atoms with Gasteiger partial charge in [-0.05, 0) is 6.07 Å². The molecular formula is C10H9N5O. The van der Waals surface area contributed by atoms with Crippen LogP contribution in [0.2, 0.25) is 0 Å². The van der Waals surface area contributed by atoms with E-state index in [0.717, 1.165) is 5.69 Å². The van der Waals surface area contributed by atoms with Crippen LogP contribution in [-0.4, -0.2) is 25.8 Å². The molecule has 0 spiro atoms. The fourth-order valence-corrected chi connectivity index (χ4v) is 1.30. The van der Waals surface area contributed by atoms with Crippen LogP contribution in [0.15, 0.2) is 31.0 Å². The molecule has 1 amide bonds. The predicted molar refractivity (Wildman–Crippen MR) is 55.4 cm³/mol. The summed E-state index contributed by atoms with van der Waals surface area (Å²) in [6.07, 6.45) is 6.43. The number of amides is 1. The molecule has 2 aromatic heterocycles. The van der Waals surface area contributed by atoms with Crippen molar-refractivity contribution in [3.05, 3.63) is 48.1 Å². The summed E-state index contributed by atoms with van der Waals surface area (Å²) in [4.78, 5) is 26.9. The van der Waals surface area contributed by atoms with Crippen molar-refractivity contribution in [3.8, 4) is 0 Å². The first-order chi connectivity index (χ1) is 7.77. The van der Waals surface area contributed by atoms with Crippen molar-refractivity contribution in [2.75, 3.05) is 0 Å². The van der Waals surface area contributed by atoms with Crippen molar-refractivity contribution < 1.29 is 4.79 Å². The summed E-state index contributed by atoms with van der Waals surface area (Å²) in [7, 11) is 0. The number of carbonyl (C=O) groups excluding carboxylic acids is 1. The topological polar surface area (TPSA) is 94.7 Å². The lowest BCUT2D eigenvalue weighted by atomic mass is 10.2. The summed E-state index contributed by atoms with van der Waals surface area (Å²) in [5, 5.41) is 0. The molecule has 80 valence electrons. The maximum Gasteiger partial charge on any atom is 0.269 e. The van der Waals surface area contributed by atoms with Crippen LogP contribution in [0.5, 0.6) is 0 Å². The first-order valence-electron chi connectivity index (χ1n) is 4.62. The van der Waals surface area contributed by atoms with Crippen molar-refractivity contribution in [3.63, 3.8) is 0 Å². The van der Waals surface area contributed by atoms with Gasteiger partial charge in [-0.3, -0.25) is 9.78 Å². The lowest BCUT2D eigenvalue weighted by molar-refractivity contribution is 0.0994. The van der Waals surface area contributed by atoms with E-state index in [1.54, 1.807) is 12.3 Å². The smallest absolute Gasteiger partial charge is 0.269 e. The Bertz CT molecular complexity index is 500. The van der Waals surface area contributed by atoms with Gasteiger partial charge in [0.05, 0.1) is 5.69 Å². The highest BCUT2D eigenvalue weighted by Crippen LogP contribution is 2.06. The maximum absolute atomic E-state index is 11.1. The molecule has 2 heterocycles. The molecule has 0 radical (unpaired) electrons. The molecule has 0 saturated carbocycles. The molecule has 0 unspecified atom stereocenters. The van der Waals surface area contributed by atoms with Crippen molar-refractivity contribution in [2.24, 2.45) is 5.73 Å². The minimum atomic E-state index is -0.586. The first kappa shape index (κ1) is 10.2. The van der Waals surface area contributed by atoms with E-state index in [0.29, 0.717) is 12.1 Å². The van der Waals surface area contributed by atoms with Gasteiger partial charge in [-0.15, -0.1) is 0 Å². The summed E-state index contributed by atoms with van der Waals surface area (Å²) in [6, 6.07) is 1.75. The molecule has 0 atom stereocenters. The van der Waals surface area contributed by atoms with Crippen LogP contribution < -0.4 is 5.73 Å². The van der Waals surface area contributed by atoms with Crippen molar-refractivity contribution in [2.45, 2.75) is 6.42 Å². The molecule has 16 heavy (non-hydrogen) atoms. The number of rotatable bonds is 3. The number of hydrogen-bond donors (Lipinski definition) is 1. The summed E-state index contributed by atoms with van der Waals surface area (Å²) in [6.45, 7) is 0. The van der Waals surface area contributed by atoms with Gasteiger partial charge in [0.25, 0.3) is 5.91 Å². The first-order valence-corrected chi connectivity index (χ1v) is 4.62. The SMILES string of the molecule is NC(=O)c1nccnc1Cc1ccncn1. The lowest BCUT2D eigenvalue weighted by Crippen LogP contribution is -2.17. The average Bonchev–Trinajstić information content (AvgIpc) is 2.31. The summed E-state index contributed by atoms with van der Waals surface area (Å²) in [5.74, 6) is -0.586. The van der Waals surface area contributed by atoms with Crippen LogP contribution in [0.25, 0.3) is 0 Å². The number of carbonyl (C=O) groups is 1. The van der Waals surface area contributed by atoms with Crippen LogP contribution in [0.4, 0.5) is 0 Å². The Balaban J connectivity index is 2.31. The second kappa shape index (κ2) is 4.43. The Labute approximate surface area is 91.6 Å². The van der Waals surface area contributed by atoms with E-state index in [2.05, 4.69) is 19.9 Å². The second-order valence-corrected chi connectivity index (χ2v) is 3.09. The largest absolute Gasteiger partial charge is 0.364 e. The Morgan fingerprint density at radius 3 is 2.69 bits per heavy atom. The Morgan fingerprint density at radius 1 is 1.19 bits per heavy atom. The van der Waals surface area contributed by atoms with E-state index in [1.165, 1.54) is 18.7 Å². The third-order valence-corrected chi connectivity index (χ3v) is 2.00. The summed E-state index contributed by atoms with van der Waals surface area (Å²) < 4.78 is 0. The Morgan fingerprint density at radius 2 is 2.00 bits per heavy atom. The minimum Gasteiger partial charge on any atom is -0.364 e. The van der Waals surface area contributed by atoms with Gasteiger partial charge in [0.2, 0.25) is 0 Å². The highest BCUT2D eigenvalue weighted by molar-refractivity contribution is 5.91. The molecular weight excluding hydrogens is 206 g/mol. The second-order valence-electron chi connectivity index (χ2n) is 3.09. The van der Waals surface area contributed by atoms with Crippen molar-refractivity contribution >= 4 is 5.91 Å². The van der Waals surface area contributed by atoms with E-state index in [-0.39, 0.29) is 5.69 Å². The molecule has 0 fully saturated rings. The van der Waals surface area contributed by atoms with Gasteiger partial charge >= 0.3 is 0 Å². The van der Waals surface area contributed by atoms with E-state index < -0.39 is 5.91 Å². The van der Waals surface area contributed by atoms with E-state index >= 15 is 0 Å². The molecule has 2 N–H and O–H groups in total. The van der Waals surface area contributed by atoms with Gasteiger partial charge in [-0.1, -0.05) is 0 Å². The monoisotopic (exact) mass is 215 g/mol. The van der Waals surface area contributed by atoms with Crippen molar-refractivity contribution in [1.82, 2.24) is 19.9 Å². The standard InChI is InChI=1S/C10H9N5O/c11-10(16)9-8(13-3-4-14-9)5-7-1-2-12-6-15-7/h1-4,6H,5H2,(H2,11,16). The number of primary amides is 1. The summed E-state index contributed by atoms with van der Waals surface area (Å²) >= 11 is 0. The molecule has 0 bridgehead atoms. The fraction of sp³-hybridized carbons (Fsp3) is 0.100. The molecule has 6 nitrogen and oxygen atoms in total. The molecule has 0 saturated heterocycles. The highest BCUT2D eigenvalue weighted by atomic mass is 16.1. The molecule has 2 rings (SSSR count). The Hall–Kier alpha value is -2.37. The van der Waals surface area contributed by atoms with Gasteiger partial charge in [-0.2, -0.15) is 0 Å². The molecule has 0 aliphatic heterocycles. The van der Waals surface area contributed by atoms with Crippen LogP contribution in [-0.2, 0) is 6.42 Å². The highest BCUT2D eigenvalue weighted by Gasteiger charge is 2.11. The van der Waals surface area contributed by atoms with Gasteiger partial charge < -0.3 is 5.73 Å². The number of nitrogens with two attached hydrogens (primary N) is 1. The molecule has 0 aromatic carbocycles. The van der Waals surface area contributed by atoms with Crippen LogP contribution in [0.3, 0.4) is 0 Å². The zero-order chi connectivity index (χ0) is 11.4. The fourth-order valence-electron chi connectivity index (χ4n) is 1.30. The lowest BCUT2D eigenvalue weighted by Gasteiger charge is -2.03. The van der Waals surface area contributed by atoms with Gasteiger partial charge in [0, 0.05) is 30.7 Å². The maximum atomic E-state index is 11.1. The number of hydrogen-bond acceptors (Lipinski definition) is 5. The molecule has 2 aromatic rings. The predicted octanol–water partition coefficient (Wildman–Crippen LogP) is -0.0437. The van der Waals surface area contributed by atoms with Crippen molar-refractivity contribution in [1.29, 1.82) is 0 Å². The van der Waals surface area contributed by atoms with Crippen LogP contribution >= 0.6 is 0 Å². The molecule has 0 aliphatic carbocycles. The number of nitrogens with zero attached hydrogens (tertiary/aromatic N) is 4. The van der Waals surface area contributed by atoms with Gasteiger partial charge in [0.1, 0.15) is 12.0 Å². The van der Waals surface area contributed by atoms with Crippen LogP contribution in [0.1, 0.15) is 21.9 Å². The number of aromatic nitrogens is 4. The minimum absolute atomic E-state index is 0.182. The van der Waals surface area contributed by atoms with Crippen LogP contribution in [0, 0.1) is 0 Å². The van der Waals surface area contributed by atoms with E-state index in [1.807, 2.05) is 0 Å². The third kappa shape index (κ3) is 2.17. The van der Waals surface area contributed by atoms with Gasteiger partial charge in [0.15, 0.2) is 0 Å². The molecule has 6 heteroatoms. The average molecular weight is 215 g/mol.